The number of nitrogens with zero attached hydrogens (tertiary/aromatic N) is 4. The lowest BCUT2D eigenvalue weighted by atomic mass is 10.2. The Balaban J connectivity index is 1.87. The van der Waals surface area contributed by atoms with Gasteiger partial charge < -0.3 is 20.3 Å². The first-order chi connectivity index (χ1) is 13.0. The molecule has 0 saturated carbocycles. The van der Waals surface area contributed by atoms with E-state index < -0.39 is 0 Å². The number of guanidine groups is 1. The quantitative estimate of drug-likeness (QED) is 0.498. The number of carbonyl (C=O) groups excluding carboxylic acids is 1. The van der Waals surface area contributed by atoms with Crippen LogP contribution in [0.3, 0.4) is 0 Å². The van der Waals surface area contributed by atoms with Gasteiger partial charge in [-0.15, -0.1) is 11.3 Å². The molecule has 2 heterocycles. The molecule has 0 spiro atoms. The summed E-state index contributed by atoms with van der Waals surface area (Å²) in [6.45, 7) is 10.2. The zero-order chi connectivity index (χ0) is 19.6. The molecule has 8 nitrogen and oxygen atoms in total. The van der Waals surface area contributed by atoms with Crippen LogP contribution in [0, 0.1) is 0 Å². The van der Waals surface area contributed by atoms with E-state index in [4.69, 9.17) is 4.74 Å². The van der Waals surface area contributed by atoms with Crippen molar-refractivity contribution < 1.29 is 9.53 Å². The lowest BCUT2D eigenvalue weighted by Gasteiger charge is -2.26. The Bertz CT molecular complexity index is 611. The zero-order valence-corrected chi connectivity index (χ0v) is 17.6. The van der Waals surface area contributed by atoms with Gasteiger partial charge in [-0.05, 0) is 5.92 Å². The Morgan fingerprint density at radius 1 is 1.37 bits per heavy atom. The Morgan fingerprint density at radius 2 is 2.11 bits per heavy atom. The molecule has 152 valence electrons. The number of morpholine rings is 1. The third-order valence-corrected chi connectivity index (χ3v) is 5.13. The van der Waals surface area contributed by atoms with Crippen LogP contribution >= 0.6 is 11.3 Å². The average Bonchev–Trinajstić information content (AvgIpc) is 3.13. The first kappa shape index (κ1) is 21.6. The van der Waals surface area contributed by atoms with Crippen molar-refractivity contribution >= 4 is 23.2 Å². The smallest absolute Gasteiger partial charge is 0.243 e. The number of aromatic nitrogens is 1. The maximum atomic E-state index is 11.9. The topological polar surface area (TPSA) is 82.1 Å². The first-order valence-corrected chi connectivity index (χ1v) is 10.3. The fourth-order valence-electron chi connectivity index (χ4n) is 2.45. The van der Waals surface area contributed by atoms with E-state index in [2.05, 4.69) is 44.7 Å². The van der Waals surface area contributed by atoms with Gasteiger partial charge in [0.15, 0.2) is 5.96 Å². The van der Waals surface area contributed by atoms with Crippen LogP contribution in [0.15, 0.2) is 10.4 Å². The summed E-state index contributed by atoms with van der Waals surface area (Å²) in [5, 5.41) is 9.73. The molecular formula is C18H32N6O2S. The SMILES string of the molecule is CC(C)c1csc(CNC(=NCC(=O)N(C)C)NCCN2CCOCC2)n1. The number of hydrogen-bond acceptors (Lipinski definition) is 6. The van der Waals surface area contributed by atoms with Gasteiger partial charge in [-0.25, -0.2) is 9.98 Å². The van der Waals surface area contributed by atoms with Crippen molar-refractivity contribution in [2.24, 2.45) is 4.99 Å². The molecule has 9 heteroatoms. The molecule has 1 aromatic rings. The average molecular weight is 397 g/mol. The highest BCUT2D eigenvalue weighted by Crippen LogP contribution is 2.17. The third kappa shape index (κ3) is 7.82. The van der Waals surface area contributed by atoms with E-state index in [9.17, 15) is 4.79 Å². The molecule has 1 aliphatic rings. The fourth-order valence-corrected chi connectivity index (χ4v) is 3.35. The van der Waals surface area contributed by atoms with Crippen molar-refractivity contribution in [3.8, 4) is 0 Å². The van der Waals surface area contributed by atoms with Crippen LogP contribution in [0.1, 0.15) is 30.5 Å². The third-order valence-electron chi connectivity index (χ3n) is 4.26. The molecule has 1 aromatic heterocycles. The molecule has 2 N–H and O–H groups in total. The van der Waals surface area contributed by atoms with E-state index in [1.54, 1.807) is 30.3 Å². The molecule has 0 radical (unpaired) electrons. The zero-order valence-electron chi connectivity index (χ0n) is 16.8. The fraction of sp³-hybridized carbons (Fsp3) is 0.722. The van der Waals surface area contributed by atoms with Gasteiger partial charge in [-0.2, -0.15) is 0 Å². The molecular weight excluding hydrogens is 364 g/mol. The van der Waals surface area contributed by atoms with Gasteiger partial charge in [0.05, 0.1) is 25.5 Å². The van der Waals surface area contributed by atoms with Crippen LogP contribution in [0.2, 0.25) is 0 Å². The minimum atomic E-state index is -0.0272. The van der Waals surface area contributed by atoms with Gasteiger partial charge in [-0.1, -0.05) is 13.8 Å². The minimum Gasteiger partial charge on any atom is -0.379 e. The molecule has 0 aliphatic carbocycles. The summed E-state index contributed by atoms with van der Waals surface area (Å²) in [5.41, 5.74) is 1.11. The number of likely N-dealkylation sites (N-methyl/N-ethyl adjacent to an activating group) is 1. The summed E-state index contributed by atoms with van der Waals surface area (Å²) >= 11 is 1.64. The normalized spacial score (nSPS) is 15.8. The van der Waals surface area contributed by atoms with Crippen molar-refractivity contribution in [1.82, 2.24) is 25.4 Å². The van der Waals surface area contributed by atoms with Crippen LogP contribution in [-0.4, -0.2) is 86.7 Å². The van der Waals surface area contributed by atoms with Crippen molar-refractivity contribution in [2.75, 3.05) is 60.0 Å². The highest BCUT2D eigenvalue weighted by molar-refractivity contribution is 7.09. The second-order valence-electron chi connectivity index (χ2n) is 7.01. The maximum Gasteiger partial charge on any atom is 0.243 e. The molecule has 0 aromatic carbocycles. The number of nitrogens with one attached hydrogen (secondary N) is 2. The number of hydrogen-bond donors (Lipinski definition) is 2. The number of thiazole rings is 1. The van der Waals surface area contributed by atoms with Gasteiger partial charge >= 0.3 is 0 Å². The summed E-state index contributed by atoms with van der Waals surface area (Å²) in [6.07, 6.45) is 0. The molecule has 1 saturated heterocycles. The molecule has 0 unspecified atom stereocenters. The summed E-state index contributed by atoms with van der Waals surface area (Å²) in [4.78, 5) is 24.8. The highest BCUT2D eigenvalue weighted by atomic mass is 32.1. The predicted molar refractivity (Wildman–Crippen MR) is 109 cm³/mol. The molecule has 1 aliphatic heterocycles. The summed E-state index contributed by atoms with van der Waals surface area (Å²) in [6, 6.07) is 0. The second kappa shape index (κ2) is 11.2. The minimum absolute atomic E-state index is 0.0272. The summed E-state index contributed by atoms with van der Waals surface area (Å²) < 4.78 is 5.37. The Hall–Kier alpha value is -1.71. The van der Waals surface area contributed by atoms with Gasteiger partial charge in [-0.3, -0.25) is 9.69 Å². The van der Waals surface area contributed by atoms with Gasteiger partial charge in [0.2, 0.25) is 5.91 Å². The molecule has 27 heavy (non-hydrogen) atoms. The summed E-state index contributed by atoms with van der Waals surface area (Å²) in [5.74, 6) is 1.04. The van der Waals surface area contributed by atoms with E-state index in [1.165, 1.54) is 0 Å². The van der Waals surface area contributed by atoms with Crippen molar-refractivity contribution in [1.29, 1.82) is 0 Å². The number of ether oxygens (including phenoxy) is 1. The number of rotatable bonds is 8. The Kier molecular flexibility index (Phi) is 8.96. The number of carbonyl (C=O) groups is 1. The summed E-state index contributed by atoms with van der Waals surface area (Å²) in [7, 11) is 3.47. The van der Waals surface area contributed by atoms with Crippen LogP contribution in [0.4, 0.5) is 0 Å². The van der Waals surface area contributed by atoms with Crippen LogP contribution in [0.25, 0.3) is 0 Å². The molecule has 1 amide bonds. The van der Waals surface area contributed by atoms with E-state index in [-0.39, 0.29) is 12.5 Å². The predicted octanol–water partition coefficient (Wildman–Crippen LogP) is 0.722. The monoisotopic (exact) mass is 396 g/mol. The molecule has 0 bridgehead atoms. The van der Waals surface area contributed by atoms with E-state index in [0.717, 1.165) is 50.1 Å². The largest absolute Gasteiger partial charge is 0.379 e. The standard InChI is InChI=1S/C18H32N6O2S/c1-14(2)15-13-27-16(22-15)11-20-18(21-12-17(25)23(3)4)19-5-6-24-7-9-26-10-8-24/h13-14H,5-12H2,1-4H3,(H2,19,20,21). The van der Waals surface area contributed by atoms with Crippen LogP contribution in [-0.2, 0) is 16.1 Å². The van der Waals surface area contributed by atoms with Gasteiger partial charge in [0, 0.05) is 45.7 Å². The molecule has 0 atom stereocenters. The highest BCUT2D eigenvalue weighted by Gasteiger charge is 2.11. The lowest BCUT2D eigenvalue weighted by Crippen LogP contribution is -2.44. The first-order valence-electron chi connectivity index (χ1n) is 9.42. The maximum absolute atomic E-state index is 11.9. The van der Waals surface area contributed by atoms with Gasteiger partial charge in [0.1, 0.15) is 11.6 Å². The van der Waals surface area contributed by atoms with Crippen molar-refractivity contribution in [3.05, 3.63) is 16.1 Å². The van der Waals surface area contributed by atoms with Crippen LogP contribution in [0.5, 0.6) is 0 Å². The molecule has 1 fully saturated rings. The van der Waals surface area contributed by atoms with Crippen molar-refractivity contribution in [3.63, 3.8) is 0 Å². The van der Waals surface area contributed by atoms with Crippen LogP contribution < -0.4 is 10.6 Å². The van der Waals surface area contributed by atoms with E-state index >= 15 is 0 Å². The van der Waals surface area contributed by atoms with E-state index in [1.807, 2.05) is 0 Å². The number of aliphatic imine (C=N–C) groups is 1. The van der Waals surface area contributed by atoms with E-state index in [0.29, 0.717) is 18.4 Å². The Morgan fingerprint density at radius 3 is 2.74 bits per heavy atom. The Labute approximate surface area is 166 Å². The van der Waals surface area contributed by atoms with Gasteiger partial charge in [0.25, 0.3) is 0 Å². The lowest BCUT2D eigenvalue weighted by molar-refractivity contribution is -0.127. The molecule has 2 rings (SSSR count). The van der Waals surface area contributed by atoms with Crippen molar-refractivity contribution in [2.45, 2.75) is 26.3 Å². The number of amides is 1. The second-order valence-corrected chi connectivity index (χ2v) is 7.95.